The molecular weight excluding hydrogens is 710 g/mol. The van der Waals surface area contributed by atoms with Gasteiger partial charge in [-0.25, -0.2) is 0 Å². The van der Waals surface area contributed by atoms with Gasteiger partial charge < -0.3 is 0 Å². The fourth-order valence-corrected chi connectivity index (χ4v) is 17.1. The molecule has 0 radical (unpaired) electrons. The van der Waals surface area contributed by atoms with Gasteiger partial charge in [0.05, 0.1) is 0 Å². The van der Waals surface area contributed by atoms with Gasteiger partial charge in [0.25, 0.3) is 0 Å². The molecule has 4 rings (SSSR count). The Morgan fingerprint density at radius 3 is 1.20 bits per heavy atom. The summed E-state index contributed by atoms with van der Waals surface area (Å²) in [6, 6.07) is 9.00. The predicted molar refractivity (Wildman–Crippen MR) is 194 cm³/mol. The van der Waals surface area contributed by atoms with E-state index in [4.69, 9.17) is 18.3 Å². The third-order valence-corrected chi connectivity index (χ3v) is 26.9. The van der Waals surface area contributed by atoms with Crippen molar-refractivity contribution in [1.29, 1.82) is 0 Å². The second kappa shape index (κ2) is 12.1. The Balaban J connectivity index is 1.81. The summed E-state index contributed by atoms with van der Waals surface area (Å²) >= 11 is 0.325. The SMILES string of the molecule is COc1ccc2c(c1[Se][Se]c1c(OC)ccc3c1C(O[Si](C)(C)C(C)(C)C)C(C)(C)C3)C(O[Si](C)(C)C(C)(C)C)C(C)(C)C2. The molecule has 0 N–H and O–H groups in total. The van der Waals surface area contributed by atoms with Crippen LogP contribution in [-0.4, -0.2) is 57.1 Å². The van der Waals surface area contributed by atoms with Gasteiger partial charge in [-0.3, -0.25) is 0 Å². The van der Waals surface area contributed by atoms with E-state index in [0.29, 0.717) is 0 Å². The Morgan fingerprint density at radius 2 is 0.932 bits per heavy atom. The Bertz CT molecular complexity index is 1280. The molecular formula is C36H58O4Se2Si2. The van der Waals surface area contributed by atoms with E-state index < -0.39 is 16.6 Å². The summed E-state index contributed by atoms with van der Waals surface area (Å²) in [5, 5.41) is 0.285. The molecule has 0 heterocycles. The molecule has 2 unspecified atom stereocenters. The molecule has 0 spiro atoms. The molecule has 2 aliphatic carbocycles. The summed E-state index contributed by atoms with van der Waals surface area (Å²) in [4.78, 5) is 0. The molecule has 0 fully saturated rings. The molecule has 0 aromatic heterocycles. The van der Waals surface area contributed by atoms with Crippen molar-refractivity contribution in [3.63, 3.8) is 0 Å². The fourth-order valence-electron chi connectivity index (χ4n) is 6.03. The van der Waals surface area contributed by atoms with E-state index in [-0.39, 0.29) is 59.4 Å². The third-order valence-electron chi connectivity index (χ3n) is 10.8. The second-order valence-corrected chi connectivity index (χ2v) is 32.9. The van der Waals surface area contributed by atoms with E-state index >= 15 is 0 Å². The van der Waals surface area contributed by atoms with E-state index in [1.807, 2.05) is 14.2 Å². The molecule has 44 heavy (non-hydrogen) atoms. The molecule has 246 valence electrons. The summed E-state index contributed by atoms with van der Waals surface area (Å²) in [6.45, 7) is 33.1. The van der Waals surface area contributed by atoms with Crippen molar-refractivity contribution in [3.8, 4) is 11.5 Å². The van der Waals surface area contributed by atoms with Gasteiger partial charge in [0.1, 0.15) is 0 Å². The minimum atomic E-state index is -2.02. The topological polar surface area (TPSA) is 36.9 Å². The maximum atomic E-state index is 7.31. The Hall–Kier alpha value is -0.567. The third kappa shape index (κ3) is 6.72. The molecule has 0 bridgehead atoms. The van der Waals surface area contributed by atoms with Crippen molar-refractivity contribution < 1.29 is 18.3 Å². The summed E-state index contributed by atoms with van der Waals surface area (Å²) in [7, 11) is -0.389. The van der Waals surface area contributed by atoms with Crippen molar-refractivity contribution in [1.82, 2.24) is 0 Å². The van der Waals surface area contributed by atoms with Crippen LogP contribution >= 0.6 is 0 Å². The van der Waals surface area contributed by atoms with Crippen LogP contribution in [0.3, 0.4) is 0 Å². The van der Waals surface area contributed by atoms with Crippen LogP contribution in [-0.2, 0) is 21.7 Å². The number of benzene rings is 2. The average Bonchev–Trinajstić information content (AvgIpc) is 3.28. The summed E-state index contributed by atoms with van der Waals surface area (Å²) in [5.74, 6) is 2.02. The van der Waals surface area contributed by atoms with Crippen LogP contribution in [0.25, 0.3) is 0 Å². The van der Waals surface area contributed by atoms with Crippen molar-refractivity contribution in [3.05, 3.63) is 46.5 Å². The Labute approximate surface area is 282 Å². The van der Waals surface area contributed by atoms with Gasteiger partial charge in [0, 0.05) is 0 Å². The zero-order valence-corrected chi connectivity index (χ0v) is 35.8. The van der Waals surface area contributed by atoms with Gasteiger partial charge in [-0.1, -0.05) is 0 Å². The Morgan fingerprint density at radius 1 is 0.614 bits per heavy atom. The van der Waals surface area contributed by atoms with E-state index in [9.17, 15) is 0 Å². The van der Waals surface area contributed by atoms with Crippen LogP contribution in [0.2, 0.25) is 36.3 Å². The van der Waals surface area contributed by atoms with Crippen LogP contribution in [0.4, 0.5) is 0 Å². The quantitative estimate of drug-likeness (QED) is 0.241. The van der Waals surface area contributed by atoms with Gasteiger partial charge >= 0.3 is 284 Å². The number of methoxy groups -OCH3 is 2. The molecule has 4 nitrogen and oxygen atoms in total. The van der Waals surface area contributed by atoms with Crippen LogP contribution in [0, 0.1) is 10.8 Å². The standard InChI is InChI=1S/C36H58O4Se2Si2/c1-33(2,3)43(13,14)39-31-27-23(21-35(31,7)8)17-19-25(37-11)29(27)41-42-30-26(38-12)20-18-24-22-36(9,10)32(28(24)30)40-44(15,16)34(4,5)6/h17-20,31-32H,21-22H2,1-16H3. The second-order valence-electron chi connectivity index (χ2n) is 17.4. The van der Waals surface area contributed by atoms with Crippen molar-refractivity contribution in [2.24, 2.45) is 10.8 Å². The van der Waals surface area contributed by atoms with Crippen LogP contribution in [0.5, 0.6) is 11.5 Å². The maximum absolute atomic E-state index is 7.31. The van der Waals surface area contributed by atoms with E-state index in [0.717, 1.165) is 24.3 Å². The molecule has 8 heteroatoms. The zero-order chi connectivity index (χ0) is 33.3. The molecule has 2 atom stereocenters. The molecule has 2 aromatic rings. The van der Waals surface area contributed by atoms with Crippen molar-refractivity contribution in [2.75, 3.05) is 14.2 Å². The van der Waals surface area contributed by atoms with Gasteiger partial charge in [0.15, 0.2) is 0 Å². The first-order valence-electron chi connectivity index (χ1n) is 16.1. The number of ether oxygens (including phenoxy) is 2. The molecule has 0 aliphatic heterocycles. The first-order chi connectivity index (χ1) is 20.0. The van der Waals surface area contributed by atoms with E-state index in [1.165, 1.54) is 31.2 Å². The molecule has 2 aliphatic rings. The first-order valence-corrected chi connectivity index (χ1v) is 27.9. The van der Waals surface area contributed by atoms with Crippen LogP contribution in [0.15, 0.2) is 24.3 Å². The molecule has 2 aromatic carbocycles. The zero-order valence-electron chi connectivity index (χ0n) is 30.3. The van der Waals surface area contributed by atoms with Gasteiger partial charge in [-0.2, -0.15) is 0 Å². The van der Waals surface area contributed by atoms with E-state index in [2.05, 4.69) is 120 Å². The van der Waals surface area contributed by atoms with Crippen LogP contribution < -0.4 is 18.4 Å². The number of fused-ring (bicyclic) bond motifs is 2. The average molecular weight is 769 g/mol. The number of hydrogen-bond donors (Lipinski definition) is 0. The number of hydrogen-bond acceptors (Lipinski definition) is 4. The monoisotopic (exact) mass is 770 g/mol. The van der Waals surface area contributed by atoms with Crippen LogP contribution in [0.1, 0.15) is 104 Å². The van der Waals surface area contributed by atoms with Gasteiger partial charge in [-0.15, -0.1) is 0 Å². The number of rotatable bonds is 9. The van der Waals surface area contributed by atoms with E-state index in [1.54, 1.807) is 0 Å². The first kappa shape index (κ1) is 36.3. The molecule has 0 saturated carbocycles. The molecule has 0 saturated heterocycles. The van der Waals surface area contributed by atoms with Gasteiger partial charge in [-0.05, 0) is 0 Å². The summed E-state index contributed by atoms with van der Waals surface area (Å²) in [6.07, 6.45) is 2.20. The fraction of sp³-hybridized carbons (Fsp3) is 0.667. The molecule has 0 amide bonds. The minimum absolute atomic E-state index is 0.0276. The predicted octanol–water partition coefficient (Wildman–Crippen LogP) is 8.27. The normalized spacial score (nSPS) is 21.3. The van der Waals surface area contributed by atoms with Crippen molar-refractivity contribution in [2.45, 2.75) is 131 Å². The summed E-state index contributed by atoms with van der Waals surface area (Å²) < 4.78 is 29.6. The van der Waals surface area contributed by atoms with Gasteiger partial charge in [0.2, 0.25) is 0 Å². The van der Waals surface area contributed by atoms with Crippen molar-refractivity contribution >= 4 is 51.8 Å². The Kier molecular flexibility index (Phi) is 10.0. The summed E-state index contributed by atoms with van der Waals surface area (Å²) in [5.41, 5.74) is 5.72.